The normalized spacial score (nSPS) is 23.6. The molecule has 372 valence electrons. The quantitative estimate of drug-likeness (QED) is 0.192. The maximum absolute atomic E-state index is 4.24. The fourth-order valence-electron chi connectivity index (χ4n) is 13.1. The smallest absolute Gasteiger partial charge is 0.0320 e. The number of hydrogen-bond donors (Lipinski definition) is 0. The van der Waals surface area contributed by atoms with Crippen LogP contribution in [0.3, 0.4) is 0 Å². The lowest BCUT2D eigenvalue weighted by Crippen LogP contribution is -2.25. The summed E-state index contributed by atoms with van der Waals surface area (Å²) < 4.78 is 0. The monoisotopic (exact) mass is 893 g/mol. The predicted octanol–water partition coefficient (Wildman–Crippen LogP) is 22.2. The summed E-state index contributed by atoms with van der Waals surface area (Å²) in [7, 11) is 0. The van der Waals surface area contributed by atoms with E-state index in [0.29, 0.717) is 0 Å². The van der Waals surface area contributed by atoms with E-state index in [-0.39, 0.29) is 14.9 Å². The van der Waals surface area contributed by atoms with Gasteiger partial charge in [0, 0.05) is 0 Å². The highest BCUT2D eigenvalue weighted by Gasteiger charge is 2.32. The minimum absolute atomic E-state index is 0. The molecular weight excluding hydrogens is 781 g/mol. The van der Waals surface area contributed by atoms with E-state index >= 15 is 0 Å². The van der Waals surface area contributed by atoms with E-state index in [9.17, 15) is 0 Å². The Balaban J connectivity index is 0.000000331. The van der Waals surface area contributed by atoms with E-state index < -0.39 is 0 Å². The van der Waals surface area contributed by atoms with Crippen LogP contribution in [0.2, 0.25) is 0 Å². The van der Waals surface area contributed by atoms with Crippen LogP contribution in [0.5, 0.6) is 0 Å². The van der Waals surface area contributed by atoms with Gasteiger partial charge in [-0.15, -0.1) is 13.2 Å². The van der Waals surface area contributed by atoms with Crippen LogP contribution in [0.25, 0.3) is 0 Å². The first-order chi connectivity index (χ1) is 30.6. The van der Waals surface area contributed by atoms with Gasteiger partial charge in [0.1, 0.15) is 0 Å². The molecule has 0 aliphatic heterocycles. The molecule has 0 radical (unpaired) electrons. The molecule has 0 nitrogen and oxygen atoms in total. The molecule has 8 aliphatic carbocycles. The molecule has 8 saturated carbocycles. The van der Waals surface area contributed by atoms with Gasteiger partial charge in [-0.1, -0.05) is 145 Å². The van der Waals surface area contributed by atoms with E-state index in [1.165, 1.54) is 289 Å². The summed E-state index contributed by atoms with van der Waals surface area (Å²) in [5, 5.41) is 0. The topological polar surface area (TPSA) is 0 Å². The van der Waals surface area contributed by atoms with Gasteiger partial charge in [0.25, 0.3) is 0 Å². The van der Waals surface area contributed by atoms with Crippen molar-refractivity contribution in [2.45, 2.75) is 265 Å². The van der Waals surface area contributed by atoms with Crippen LogP contribution in [0.1, 0.15) is 265 Å². The van der Waals surface area contributed by atoms with Crippen molar-refractivity contribution in [1.82, 2.24) is 0 Å². The van der Waals surface area contributed by atoms with Crippen molar-refractivity contribution in [2.24, 2.45) is 47.3 Å². The summed E-state index contributed by atoms with van der Waals surface area (Å²) in [4.78, 5) is 0. The van der Waals surface area contributed by atoms with Crippen LogP contribution in [0.4, 0.5) is 0 Å². The number of allylic oxidation sites excluding steroid dienone is 7. The fourth-order valence-corrected chi connectivity index (χ4v) is 13.1. The molecule has 0 heterocycles. The number of hydrogen-bond acceptors (Lipinski definition) is 0. The lowest BCUT2D eigenvalue weighted by molar-refractivity contribution is 0.167. The molecule has 8 aliphatic rings. The molecule has 0 unspecified atom stereocenters. The average molecular weight is 894 g/mol. The minimum atomic E-state index is 0. The molecule has 0 amide bonds. The molecule has 0 atom stereocenters. The summed E-state index contributed by atoms with van der Waals surface area (Å²) in [5.41, 5.74) is 10.5. The van der Waals surface area contributed by atoms with Gasteiger partial charge in [0.05, 0.1) is 0 Å². The largest absolute Gasteiger partial charge is 0.106 e. The van der Waals surface area contributed by atoms with Crippen molar-refractivity contribution in [3.8, 4) is 0 Å². The van der Waals surface area contributed by atoms with Gasteiger partial charge >= 0.3 is 0 Å². The van der Waals surface area contributed by atoms with Crippen LogP contribution in [-0.2, 0) is 0 Å². The summed E-state index contributed by atoms with van der Waals surface area (Å²) in [6, 6.07) is 0. The third-order valence-corrected chi connectivity index (χ3v) is 17.7. The first kappa shape index (κ1) is 59.0. The lowest BCUT2D eigenvalue weighted by atomic mass is 9.68. The first-order valence-electron chi connectivity index (χ1n) is 27.8. The lowest BCUT2D eigenvalue weighted by Gasteiger charge is -2.37. The van der Waals surface area contributed by atoms with Crippen LogP contribution in [-0.4, -0.2) is 0 Å². The van der Waals surface area contributed by atoms with Crippen LogP contribution >= 0.6 is 0 Å². The molecular formula is C65H112. The van der Waals surface area contributed by atoms with Gasteiger partial charge in [0.15, 0.2) is 0 Å². The maximum atomic E-state index is 4.24. The second-order valence-electron chi connectivity index (χ2n) is 22.8. The highest BCUT2D eigenvalue weighted by molar-refractivity contribution is 5.05. The molecule has 0 spiro atoms. The molecule has 8 fully saturated rings. The highest BCUT2D eigenvalue weighted by atomic mass is 14.4. The van der Waals surface area contributed by atoms with Gasteiger partial charge in [-0.25, -0.2) is 0 Å². The van der Waals surface area contributed by atoms with Gasteiger partial charge in [-0.05, 0) is 253 Å². The van der Waals surface area contributed by atoms with E-state index in [1.807, 2.05) is 0 Å². The first-order valence-corrected chi connectivity index (χ1v) is 27.8. The standard InChI is InChI=1S/2C24H38.C7H12.C6H12.C2H4.2CH4/c2*1-18-4-10-21(11-5-18)16-24(23-14-8-20(3)9-15-23)17-22-12-6-19(2)7-13-22;1-7-5-3-2-4-6-7;1-2-4-6-5-3-1;1-2;;/h2*21-24H,1-17H2;1-6H2;1-6H2;1-2H2;2*1H4. The van der Waals surface area contributed by atoms with E-state index in [4.69, 9.17) is 0 Å². The molecule has 0 aromatic carbocycles. The third-order valence-electron chi connectivity index (χ3n) is 17.7. The van der Waals surface area contributed by atoms with Crippen LogP contribution < -0.4 is 0 Å². The van der Waals surface area contributed by atoms with Crippen molar-refractivity contribution < 1.29 is 0 Å². The van der Waals surface area contributed by atoms with E-state index in [2.05, 4.69) is 59.2 Å². The van der Waals surface area contributed by atoms with Crippen LogP contribution in [0, 0.1) is 47.3 Å². The van der Waals surface area contributed by atoms with Gasteiger partial charge in [-0.3, -0.25) is 0 Å². The Labute approximate surface area is 409 Å². The zero-order valence-corrected chi connectivity index (χ0v) is 42.1. The molecule has 0 N–H and O–H groups in total. The van der Waals surface area contributed by atoms with E-state index in [0.717, 1.165) is 47.3 Å². The molecule has 0 aromatic heterocycles. The van der Waals surface area contributed by atoms with Gasteiger partial charge < -0.3 is 0 Å². The zero-order chi connectivity index (χ0) is 45.2. The Bertz CT molecular complexity index is 1170. The van der Waals surface area contributed by atoms with Crippen molar-refractivity contribution in [1.29, 1.82) is 0 Å². The highest BCUT2D eigenvalue weighted by Crippen LogP contribution is 2.45. The van der Waals surface area contributed by atoms with Gasteiger partial charge in [-0.2, -0.15) is 0 Å². The average Bonchev–Trinajstić information content (AvgIpc) is 3.31. The Morgan fingerprint density at radius 3 is 0.615 bits per heavy atom. The predicted molar refractivity (Wildman–Crippen MR) is 297 cm³/mol. The third kappa shape index (κ3) is 24.2. The molecule has 0 aromatic rings. The van der Waals surface area contributed by atoms with Crippen molar-refractivity contribution in [3.63, 3.8) is 0 Å². The van der Waals surface area contributed by atoms with Gasteiger partial charge in [0.2, 0.25) is 0 Å². The Morgan fingerprint density at radius 1 is 0.262 bits per heavy atom. The zero-order valence-electron chi connectivity index (χ0n) is 42.1. The molecule has 0 saturated heterocycles. The molecule has 8 rings (SSSR count). The molecule has 0 bridgehead atoms. The number of rotatable bonds is 10. The Kier molecular flexibility index (Phi) is 31.1. The summed E-state index contributed by atoms with van der Waals surface area (Å²) in [6.45, 7) is 35.2. The molecule has 0 heteroatoms. The van der Waals surface area contributed by atoms with Crippen molar-refractivity contribution in [3.05, 3.63) is 98.2 Å². The van der Waals surface area contributed by atoms with Crippen molar-refractivity contribution >= 4 is 0 Å². The maximum Gasteiger partial charge on any atom is -0.0320 e. The second-order valence-corrected chi connectivity index (χ2v) is 22.8. The summed E-state index contributed by atoms with van der Waals surface area (Å²) in [6.07, 6.45) is 54.3. The van der Waals surface area contributed by atoms with Crippen LogP contribution in [0.15, 0.2) is 98.2 Å². The Hall–Kier alpha value is -2.08. The minimum Gasteiger partial charge on any atom is -0.106 e. The Morgan fingerprint density at radius 2 is 0.431 bits per heavy atom. The summed E-state index contributed by atoms with van der Waals surface area (Å²) >= 11 is 0. The summed E-state index contributed by atoms with van der Waals surface area (Å²) in [5.74, 6) is 7.81. The SMILES string of the molecule is C.C.C1CCCCC1.C=C.C=C1CCC(CC(CC2CCC(=C)CC2)C2CCC(=C)CC2)CC1.C=C1CCC(CC(CC2CCC(=C)CC2)C2CCC(=C)CC2)CC1.C=C1CCCCC1. The fraction of sp³-hybridized carbons (Fsp3) is 0.754. The van der Waals surface area contributed by atoms with E-state index in [1.54, 1.807) is 0 Å². The second kappa shape index (κ2) is 34.2. The van der Waals surface area contributed by atoms with Crippen molar-refractivity contribution in [2.75, 3.05) is 0 Å². The molecule has 65 heavy (non-hydrogen) atoms.